The second-order valence-corrected chi connectivity index (χ2v) is 5.66. The second kappa shape index (κ2) is 7.77. The number of benzene rings is 1. The van der Waals surface area contributed by atoms with Gasteiger partial charge in [-0.05, 0) is 5.56 Å². The van der Waals surface area contributed by atoms with E-state index in [1.807, 2.05) is 18.2 Å². The summed E-state index contributed by atoms with van der Waals surface area (Å²) in [5.74, 6) is -1.17. The number of aliphatic carboxylic acids is 1. The molecule has 2 rings (SSSR count). The van der Waals surface area contributed by atoms with Crippen LogP contribution in [0.3, 0.4) is 0 Å². The number of ether oxygens (including phenoxy) is 1. The summed E-state index contributed by atoms with van der Waals surface area (Å²) in [6.07, 6.45) is -0.740. The number of nitrogens with one attached hydrogen (secondary N) is 1. The minimum Gasteiger partial charge on any atom is -0.480 e. The molecule has 8 heteroatoms. The van der Waals surface area contributed by atoms with E-state index in [0.717, 1.165) is 5.56 Å². The molecule has 2 aromatic rings. The lowest BCUT2D eigenvalue weighted by Gasteiger charge is -2.14. The van der Waals surface area contributed by atoms with Crippen LogP contribution in [0.5, 0.6) is 0 Å². The van der Waals surface area contributed by atoms with E-state index in [0.29, 0.717) is 4.88 Å². The van der Waals surface area contributed by atoms with E-state index < -0.39 is 18.1 Å². The number of thiazole rings is 1. The van der Waals surface area contributed by atoms with E-state index in [1.165, 1.54) is 16.8 Å². The second-order valence-electron chi connectivity index (χ2n) is 4.37. The molecule has 1 atom stereocenters. The highest BCUT2D eigenvalue weighted by atomic mass is 35.5. The highest BCUT2D eigenvalue weighted by Crippen LogP contribution is 2.20. The van der Waals surface area contributed by atoms with Gasteiger partial charge in [-0.1, -0.05) is 41.9 Å². The summed E-state index contributed by atoms with van der Waals surface area (Å²) in [6.45, 7) is 0.0698. The molecule has 2 N–H and O–H groups in total. The molecule has 0 radical (unpaired) electrons. The average molecular weight is 341 g/mol. The molecule has 0 fully saturated rings. The van der Waals surface area contributed by atoms with Crippen LogP contribution in [0, 0.1) is 0 Å². The molecule has 0 saturated heterocycles. The first kappa shape index (κ1) is 16.3. The molecular weight excluding hydrogens is 328 g/mol. The Morgan fingerprint density at radius 1 is 1.36 bits per heavy atom. The quantitative estimate of drug-likeness (QED) is 0.844. The van der Waals surface area contributed by atoms with Crippen molar-refractivity contribution >= 4 is 35.0 Å². The normalized spacial score (nSPS) is 11.7. The molecule has 1 aromatic carbocycles. The summed E-state index contributed by atoms with van der Waals surface area (Å²) < 4.78 is 5.00. The molecule has 0 aliphatic carbocycles. The number of aromatic nitrogens is 1. The third-order valence-electron chi connectivity index (χ3n) is 2.78. The maximum atomic E-state index is 11.7. The van der Waals surface area contributed by atoms with Crippen molar-refractivity contribution in [2.75, 3.05) is 0 Å². The Morgan fingerprint density at radius 2 is 2.09 bits per heavy atom. The van der Waals surface area contributed by atoms with Crippen molar-refractivity contribution in [1.82, 2.24) is 10.3 Å². The lowest BCUT2D eigenvalue weighted by Crippen LogP contribution is -2.42. The number of amides is 1. The van der Waals surface area contributed by atoms with Gasteiger partial charge < -0.3 is 15.2 Å². The molecule has 1 heterocycles. The highest BCUT2D eigenvalue weighted by molar-refractivity contribution is 7.10. The molecule has 0 aliphatic heterocycles. The van der Waals surface area contributed by atoms with Crippen molar-refractivity contribution in [1.29, 1.82) is 0 Å². The Morgan fingerprint density at radius 3 is 2.68 bits per heavy atom. The number of carboxylic acid groups (broad SMARTS) is 1. The van der Waals surface area contributed by atoms with Crippen LogP contribution in [0.15, 0.2) is 35.8 Å². The number of carboxylic acids is 1. The van der Waals surface area contributed by atoms with E-state index >= 15 is 0 Å². The summed E-state index contributed by atoms with van der Waals surface area (Å²) in [4.78, 5) is 27.3. The first-order chi connectivity index (χ1) is 10.6. The van der Waals surface area contributed by atoms with Crippen LogP contribution in [0.4, 0.5) is 4.79 Å². The molecule has 0 spiro atoms. The fraction of sp³-hybridized carbons (Fsp3) is 0.214. The molecular formula is C14H13ClN2O4S. The van der Waals surface area contributed by atoms with E-state index in [9.17, 15) is 9.59 Å². The predicted molar refractivity (Wildman–Crippen MR) is 82.0 cm³/mol. The number of alkyl carbamates (subject to hydrolysis) is 1. The maximum Gasteiger partial charge on any atom is 0.408 e. The van der Waals surface area contributed by atoms with Crippen LogP contribution in [-0.2, 0) is 22.6 Å². The van der Waals surface area contributed by atoms with E-state index in [4.69, 9.17) is 21.4 Å². The van der Waals surface area contributed by atoms with Crippen LogP contribution in [0.2, 0.25) is 5.15 Å². The van der Waals surface area contributed by atoms with Crippen molar-refractivity contribution in [3.8, 4) is 0 Å². The minimum absolute atomic E-state index is 0.0548. The van der Waals surface area contributed by atoms with Gasteiger partial charge in [-0.2, -0.15) is 0 Å². The Hall–Kier alpha value is -2.12. The maximum absolute atomic E-state index is 11.7. The number of hydrogen-bond donors (Lipinski definition) is 2. The molecule has 1 unspecified atom stereocenters. The van der Waals surface area contributed by atoms with Crippen LogP contribution in [0.25, 0.3) is 0 Å². The Labute approximate surface area is 135 Å². The van der Waals surface area contributed by atoms with Gasteiger partial charge in [-0.3, -0.25) is 0 Å². The Balaban J connectivity index is 1.89. The van der Waals surface area contributed by atoms with E-state index in [2.05, 4.69) is 10.3 Å². The number of carbonyl (C=O) groups excluding carboxylic acids is 1. The molecule has 6 nitrogen and oxygen atoms in total. The average Bonchev–Trinajstić information content (AvgIpc) is 2.91. The van der Waals surface area contributed by atoms with Gasteiger partial charge in [-0.15, -0.1) is 11.3 Å². The number of halogens is 1. The van der Waals surface area contributed by atoms with Crippen molar-refractivity contribution in [3.63, 3.8) is 0 Å². The van der Waals surface area contributed by atoms with Gasteiger partial charge in [0.15, 0.2) is 0 Å². The van der Waals surface area contributed by atoms with Gasteiger partial charge >= 0.3 is 12.1 Å². The molecule has 22 heavy (non-hydrogen) atoms. The zero-order chi connectivity index (χ0) is 15.9. The first-order valence-corrected chi connectivity index (χ1v) is 7.60. The highest BCUT2D eigenvalue weighted by Gasteiger charge is 2.23. The fourth-order valence-electron chi connectivity index (χ4n) is 1.68. The Bertz CT molecular complexity index is 647. The van der Waals surface area contributed by atoms with Gasteiger partial charge in [0, 0.05) is 11.3 Å². The van der Waals surface area contributed by atoms with Gasteiger partial charge in [0.1, 0.15) is 17.8 Å². The topological polar surface area (TPSA) is 88.5 Å². The number of carbonyl (C=O) groups is 2. The van der Waals surface area contributed by atoms with E-state index in [1.54, 1.807) is 12.1 Å². The fourth-order valence-corrected chi connectivity index (χ4v) is 2.70. The lowest BCUT2D eigenvalue weighted by molar-refractivity contribution is -0.139. The number of nitrogens with zero attached hydrogens (tertiary/aromatic N) is 1. The zero-order valence-electron chi connectivity index (χ0n) is 11.4. The molecule has 0 saturated carbocycles. The van der Waals surface area contributed by atoms with Gasteiger partial charge in [0.2, 0.25) is 0 Å². The van der Waals surface area contributed by atoms with Gasteiger partial charge in [-0.25, -0.2) is 14.6 Å². The van der Waals surface area contributed by atoms with Crippen molar-refractivity contribution in [3.05, 3.63) is 51.4 Å². The summed E-state index contributed by atoms with van der Waals surface area (Å²) >= 11 is 7.06. The molecule has 0 aliphatic rings. The van der Waals surface area contributed by atoms with Crippen LogP contribution < -0.4 is 5.32 Å². The molecule has 0 bridgehead atoms. The summed E-state index contributed by atoms with van der Waals surface area (Å²) in [7, 11) is 0. The lowest BCUT2D eigenvalue weighted by atomic mass is 10.2. The van der Waals surface area contributed by atoms with Crippen LogP contribution in [0.1, 0.15) is 10.4 Å². The van der Waals surface area contributed by atoms with Crippen molar-refractivity contribution in [2.45, 2.75) is 19.1 Å². The van der Waals surface area contributed by atoms with E-state index in [-0.39, 0.29) is 18.2 Å². The minimum atomic E-state index is -1.17. The zero-order valence-corrected chi connectivity index (χ0v) is 12.9. The summed E-state index contributed by atoms with van der Waals surface area (Å²) in [6, 6.07) is 7.98. The number of hydrogen-bond acceptors (Lipinski definition) is 5. The Kier molecular flexibility index (Phi) is 5.74. The van der Waals surface area contributed by atoms with Crippen molar-refractivity contribution in [2.24, 2.45) is 0 Å². The standard InChI is InChI=1S/C14H13ClN2O4S/c15-12-11(22-8-16-12)6-10(13(18)19)17-14(20)21-7-9-4-2-1-3-5-9/h1-5,8,10H,6-7H2,(H,17,20)(H,18,19). The third kappa shape index (κ3) is 4.71. The largest absolute Gasteiger partial charge is 0.480 e. The summed E-state index contributed by atoms with van der Waals surface area (Å²) in [5, 5.41) is 11.7. The van der Waals surface area contributed by atoms with Crippen LogP contribution >= 0.6 is 22.9 Å². The van der Waals surface area contributed by atoms with Crippen molar-refractivity contribution < 1.29 is 19.4 Å². The monoisotopic (exact) mass is 340 g/mol. The third-order valence-corrected chi connectivity index (χ3v) is 4.08. The van der Waals surface area contributed by atoms with Gasteiger partial charge in [0.25, 0.3) is 0 Å². The molecule has 1 aromatic heterocycles. The first-order valence-electron chi connectivity index (χ1n) is 6.34. The molecule has 1 amide bonds. The van der Waals surface area contributed by atoms with Crippen LogP contribution in [-0.4, -0.2) is 28.2 Å². The predicted octanol–water partition coefficient (Wildman–Crippen LogP) is 2.72. The summed E-state index contributed by atoms with van der Waals surface area (Å²) in [5.41, 5.74) is 2.33. The van der Waals surface area contributed by atoms with Gasteiger partial charge in [0.05, 0.1) is 5.51 Å². The SMILES string of the molecule is O=C(NC(Cc1scnc1Cl)C(=O)O)OCc1ccccc1. The number of rotatable bonds is 6. The molecule has 116 valence electrons. The smallest absolute Gasteiger partial charge is 0.408 e.